The first-order valence-electron chi connectivity index (χ1n) is 20.6. The van der Waals surface area contributed by atoms with Crippen LogP contribution in [0.25, 0.3) is 22.3 Å². The number of hydrogen-bond donors (Lipinski definition) is 0. The fraction of sp³-hybridized carbons (Fsp3) is 0. The molecule has 0 spiro atoms. The van der Waals surface area contributed by atoms with E-state index in [9.17, 15) is 0 Å². The van der Waals surface area contributed by atoms with E-state index in [0.29, 0.717) is 18.1 Å². The highest BCUT2D eigenvalue weighted by atomic mass is 15.2. The van der Waals surface area contributed by atoms with E-state index >= 15 is 0 Å². The highest BCUT2D eigenvalue weighted by Crippen LogP contribution is 2.39. The van der Waals surface area contributed by atoms with Crippen molar-refractivity contribution in [1.82, 2.24) is 0 Å². The Bertz CT molecular complexity index is 2650. The second-order valence-electron chi connectivity index (χ2n) is 13.6. The average molecular weight is 738 g/mol. The SMILES string of the molecule is [3H]c1cccc(N(c2ccccc2)c2ccc(-c3ccc(N(c4ccc(-c5ccc(N(c6ccccc6)c6cccc([3H])c6)cc5)cc4)c4cccc([3H])c4)cc3)cc2)c1. The molecule has 0 heterocycles. The second kappa shape index (κ2) is 16.4. The maximum absolute atomic E-state index is 8.43. The smallest absolute Gasteiger partial charge is 0.0623 e. The first-order valence-corrected chi connectivity index (χ1v) is 19.1. The van der Waals surface area contributed by atoms with Crippen LogP contribution in [0.1, 0.15) is 4.11 Å². The topological polar surface area (TPSA) is 9.72 Å². The molecule has 0 aliphatic carbocycles. The summed E-state index contributed by atoms with van der Waals surface area (Å²) in [6.45, 7) is 0. The van der Waals surface area contributed by atoms with Gasteiger partial charge in [-0.1, -0.05) is 139 Å². The minimum absolute atomic E-state index is 0.448. The predicted molar refractivity (Wildman–Crippen MR) is 241 cm³/mol. The Morgan fingerprint density at radius 3 is 0.614 bits per heavy atom. The van der Waals surface area contributed by atoms with Gasteiger partial charge >= 0.3 is 0 Å². The molecule has 0 aromatic heterocycles. The lowest BCUT2D eigenvalue weighted by Gasteiger charge is -2.26. The minimum atomic E-state index is 0.448. The lowest BCUT2D eigenvalue weighted by Crippen LogP contribution is -2.10. The van der Waals surface area contributed by atoms with Crippen LogP contribution in [0, 0.1) is 0 Å². The van der Waals surface area contributed by atoms with Gasteiger partial charge in [-0.05, 0) is 131 Å². The van der Waals surface area contributed by atoms with E-state index in [0.717, 1.165) is 73.4 Å². The van der Waals surface area contributed by atoms with Gasteiger partial charge in [0.2, 0.25) is 0 Å². The second-order valence-corrected chi connectivity index (χ2v) is 13.6. The third kappa shape index (κ3) is 7.68. The zero-order chi connectivity index (χ0) is 40.8. The van der Waals surface area contributed by atoms with E-state index in [1.807, 2.05) is 91.0 Å². The standard InChI is InChI=1S/C54H41N3/c1-6-16-46(17-7-1)55(47-18-8-2-9-19-47)51-34-26-42(27-35-51)44-30-38-53(39-31-44)57(50-24-14-5-15-25-50)54-40-32-45(33-41-54)43-28-36-52(37-29-43)56(48-20-10-3-11-21-48)49-22-12-4-13-23-49/h1-41H/i6T,10T,14T. The number of para-hydroxylation sites is 5. The van der Waals surface area contributed by atoms with E-state index in [1.165, 1.54) is 0 Å². The van der Waals surface area contributed by atoms with Gasteiger partial charge in [0.25, 0.3) is 0 Å². The Kier molecular flexibility index (Phi) is 9.12. The summed E-state index contributed by atoms with van der Waals surface area (Å²) in [5, 5.41) is 0. The van der Waals surface area contributed by atoms with Gasteiger partial charge in [-0.25, -0.2) is 0 Å². The number of nitrogens with zero attached hydrogens (tertiary/aromatic N) is 3. The maximum atomic E-state index is 8.43. The van der Waals surface area contributed by atoms with Crippen molar-refractivity contribution in [1.29, 1.82) is 0 Å². The Balaban J connectivity index is 0.985. The van der Waals surface area contributed by atoms with Crippen LogP contribution in [0.5, 0.6) is 0 Å². The van der Waals surface area contributed by atoms with Gasteiger partial charge in [-0.15, -0.1) is 0 Å². The molecule has 9 rings (SSSR count). The van der Waals surface area contributed by atoms with Crippen LogP contribution in [0.3, 0.4) is 0 Å². The minimum Gasteiger partial charge on any atom is -0.311 e. The number of anilines is 9. The van der Waals surface area contributed by atoms with Crippen LogP contribution in [0.4, 0.5) is 51.2 Å². The van der Waals surface area contributed by atoms with Crippen LogP contribution in [0.15, 0.2) is 249 Å². The van der Waals surface area contributed by atoms with Crippen molar-refractivity contribution in [2.75, 3.05) is 14.7 Å². The molecule has 0 radical (unpaired) electrons. The highest BCUT2D eigenvalue weighted by molar-refractivity contribution is 5.82. The zero-order valence-electron chi connectivity index (χ0n) is 34.3. The summed E-state index contributed by atoms with van der Waals surface area (Å²) in [7, 11) is 0. The predicted octanol–water partition coefficient (Wildman–Crippen LogP) is 15.4. The Morgan fingerprint density at radius 1 is 0.193 bits per heavy atom. The Morgan fingerprint density at radius 2 is 0.386 bits per heavy atom. The largest absolute Gasteiger partial charge is 0.311 e. The molecule has 9 aromatic carbocycles. The molecule has 57 heavy (non-hydrogen) atoms. The molecule has 0 N–H and O–H groups in total. The van der Waals surface area contributed by atoms with Crippen LogP contribution >= 0.6 is 0 Å². The van der Waals surface area contributed by atoms with Gasteiger partial charge in [-0.2, -0.15) is 0 Å². The summed E-state index contributed by atoms with van der Waals surface area (Å²) in [6.07, 6.45) is 0. The highest BCUT2D eigenvalue weighted by Gasteiger charge is 2.16. The quantitative estimate of drug-likeness (QED) is 0.131. The molecular weight excluding hydrogens is 691 g/mol. The van der Waals surface area contributed by atoms with E-state index in [4.69, 9.17) is 4.11 Å². The molecule has 0 aliphatic rings. The Hall–Kier alpha value is -7.62. The van der Waals surface area contributed by atoms with E-state index < -0.39 is 0 Å². The van der Waals surface area contributed by atoms with Gasteiger partial charge in [0, 0.05) is 51.2 Å². The van der Waals surface area contributed by atoms with Crippen molar-refractivity contribution >= 4 is 51.2 Å². The molecule has 3 heteroatoms. The molecule has 0 atom stereocenters. The molecule has 3 nitrogen and oxygen atoms in total. The van der Waals surface area contributed by atoms with Crippen LogP contribution in [-0.4, -0.2) is 0 Å². The fourth-order valence-corrected chi connectivity index (χ4v) is 7.28. The van der Waals surface area contributed by atoms with Gasteiger partial charge < -0.3 is 14.7 Å². The average Bonchev–Trinajstić information content (AvgIpc) is 3.29. The van der Waals surface area contributed by atoms with Crippen molar-refractivity contribution in [3.8, 4) is 22.3 Å². The van der Waals surface area contributed by atoms with E-state index in [-0.39, 0.29) is 0 Å². The summed E-state index contributed by atoms with van der Waals surface area (Å²) in [5.74, 6) is 0. The van der Waals surface area contributed by atoms with Gasteiger partial charge in [0.15, 0.2) is 0 Å². The molecule has 272 valence electrons. The molecule has 0 aliphatic heterocycles. The molecule has 0 bridgehead atoms. The first-order chi connectivity index (χ1) is 29.5. The van der Waals surface area contributed by atoms with Crippen LogP contribution < -0.4 is 14.7 Å². The van der Waals surface area contributed by atoms with Gasteiger partial charge in [0.05, 0.1) is 4.11 Å². The summed E-state index contributed by atoms with van der Waals surface area (Å²) in [6, 6.07) is 79.0. The molecule has 9 aromatic rings. The van der Waals surface area contributed by atoms with E-state index in [1.54, 1.807) is 18.2 Å². The summed E-state index contributed by atoms with van der Waals surface area (Å²) in [5.41, 5.74) is 13.2. The van der Waals surface area contributed by atoms with Gasteiger partial charge in [-0.3, -0.25) is 0 Å². The fourth-order valence-electron chi connectivity index (χ4n) is 7.28. The molecule has 0 unspecified atom stereocenters. The summed E-state index contributed by atoms with van der Waals surface area (Å²) < 4.78 is 24.9. The normalized spacial score (nSPS) is 11.5. The molecule has 0 fully saturated rings. The summed E-state index contributed by atoms with van der Waals surface area (Å²) in [4.78, 5) is 6.53. The number of hydrogen-bond acceptors (Lipinski definition) is 3. The maximum Gasteiger partial charge on any atom is 0.0623 e. The molecule has 0 saturated carbocycles. The van der Waals surface area contributed by atoms with Crippen molar-refractivity contribution in [2.45, 2.75) is 0 Å². The third-order valence-corrected chi connectivity index (χ3v) is 10.0. The van der Waals surface area contributed by atoms with E-state index in [2.05, 4.69) is 136 Å². The monoisotopic (exact) mass is 737 g/mol. The van der Waals surface area contributed by atoms with Crippen molar-refractivity contribution in [3.05, 3.63) is 249 Å². The molecule has 0 saturated heterocycles. The molecular formula is C54H41N3. The van der Waals surface area contributed by atoms with Crippen molar-refractivity contribution in [2.24, 2.45) is 0 Å². The van der Waals surface area contributed by atoms with Crippen LogP contribution in [0.2, 0.25) is 0 Å². The number of benzene rings is 9. The zero-order valence-corrected chi connectivity index (χ0v) is 31.3. The molecule has 0 amide bonds. The first kappa shape index (κ1) is 31.7. The third-order valence-electron chi connectivity index (χ3n) is 10.0. The summed E-state index contributed by atoms with van der Waals surface area (Å²) >= 11 is 0. The van der Waals surface area contributed by atoms with Crippen molar-refractivity contribution in [3.63, 3.8) is 0 Å². The number of rotatable bonds is 11. The lowest BCUT2D eigenvalue weighted by molar-refractivity contribution is 1.28. The van der Waals surface area contributed by atoms with Crippen molar-refractivity contribution < 1.29 is 4.11 Å². The lowest BCUT2D eigenvalue weighted by atomic mass is 10.0. The van der Waals surface area contributed by atoms with Gasteiger partial charge in [0.1, 0.15) is 0 Å². The Labute approximate surface area is 339 Å². The van der Waals surface area contributed by atoms with Crippen LogP contribution in [-0.2, 0) is 0 Å².